The van der Waals surface area contributed by atoms with Crippen LogP contribution in [-0.4, -0.2) is 78.4 Å². The first kappa shape index (κ1) is 23.1. The Balaban J connectivity index is 1.33. The summed E-state index contributed by atoms with van der Waals surface area (Å²) in [4.78, 5) is 27.8. The molecule has 0 aliphatic carbocycles. The Morgan fingerprint density at radius 3 is 2.63 bits per heavy atom. The number of nitrogens with zero attached hydrogens (tertiary/aromatic N) is 6. The second kappa shape index (κ2) is 9.18. The van der Waals surface area contributed by atoms with Gasteiger partial charge in [-0.05, 0) is 57.1 Å². The highest BCUT2D eigenvalue weighted by molar-refractivity contribution is 5.94. The monoisotopic (exact) mass is 477 g/mol. The number of nitrogens with two attached hydrogens (primary N) is 1. The molecular weight excluding hydrogens is 446 g/mol. The fourth-order valence-corrected chi connectivity index (χ4v) is 5.12. The molecule has 2 aromatic heterocycles. The largest absolute Gasteiger partial charge is 0.497 e. The first-order chi connectivity index (χ1) is 16.9. The van der Waals surface area contributed by atoms with E-state index in [2.05, 4.69) is 49.0 Å². The van der Waals surface area contributed by atoms with Gasteiger partial charge in [0.25, 0.3) is 0 Å². The maximum atomic E-state index is 11.7. The van der Waals surface area contributed by atoms with Crippen molar-refractivity contribution in [1.82, 2.24) is 20.0 Å². The molecule has 2 N–H and O–H groups in total. The van der Waals surface area contributed by atoms with Gasteiger partial charge < -0.3 is 24.8 Å². The van der Waals surface area contributed by atoms with E-state index < -0.39 is 5.91 Å². The minimum atomic E-state index is -0.539. The number of primary amides is 1. The molecule has 0 unspecified atom stereocenters. The van der Waals surface area contributed by atoms with Gasteiger partial charge in [0, 0.05) is 67.0 Å². The van der Waals surface area contributed by atoms with Crippen LogP contribution in [0.2, 0.25) is 0 Å². The van der Waals surface area contributed by atoms with Crippen LogP contribution >= 0.6 is 0 Å². The highest BCUT2D eigenvalue weighted by atomic mass is 16.5. The molecule has 1 amide bonds. The molecular formula is C25H31N7O3. The van der Waals surface area contributed by atoms with Gasteiger partial charge in [0.1, 0.15) is 5.75 Å². The van der Waals surface area contributed by atoms with Crippen molar-refractivity contribution in [2.24, 2.45) is 5.73 Å². The number of aryl methyl sites for hydroxylation is 1. The molecule has 2 aliphatic heterocycles. The summed E-state index contributed by atoms with van der Waals surface area (Å²) in [6, 6.07) is 9.74. The van der Waals surface area contributed by atoms with Crippen LogP contribution in [0.25, 0.3) is 11.4 Å². The van der Waals surface area contributed by atoms with Gasteiger partial charge in [-0.3, -0.25) is 14.7 Å². The summed E-state index contributed by atoms with van der Waals surface area (Å²) >= 11 is 0. The number of ether oxygens (including phenoxy) is 1. The summed E-state index contributed by atoms with van der Waals surface area (Å²) in [6.07, 6.45) is 3.96. The highest BCUT2D eigenvalue weighted by Crippen LogP contribution is 2.35. The van der Waals surface area contributed by atoms with Crippen molar-refractivity contribution < 1.29 is 14.1 Å². The lowest BCUT2D eigenvalue weighted by molar-refractivity contribution is 0.0736. The second-order valence-corrected chi connectivity index (χ2v) is 9.42. The van der Waals surface area contributed by atoms with Crippen molar-refractivity contribution in [2.75, 3.05) is 56.7 Å². The number of carbonyl (C=O) groups excluding carboxylic acids is 1. The topological polar surface area (TPSA) is 114 Å². The van der Waals surface area contributed by atoms with Gasteiger partial charge in [-0.2, -0.15) is 4.98 Å². The van der Waals surface area contributed by atoms with Crippen molar-refractivity contribution in [1.29, 1.82) is 0 Å². The van der Waals surface area contributed by atoms with Gasteiger partial charge in [-0.1, -0.05) is 5.16 Å². The predicted octanol–water partition coefficient (Wildman–Crippen LogP) is 2.34. The number of piperazine rings is 1. The third kappa shape index (κ3) is 4.53. The van der Waals surface area contributed by atoms with Crippen LogP contribution in [-0.2, 0) is 0 Å². The average molecular weight is 478 g/mol. The van der Waals surface area contributed by atoms with E-state index in [-0.39, 0.29) is 5.54 Å². The molecule has 0 radical (unpaired) electrons. The summed E-state index contributed by atoms with van der Waals surface area (Å²) in [5, 5.41) is 4.19. The van der Waals surface area contributed by atoms with E-state index in [4.69, 9.17) is 15.0 Å². The highest BCUT2D eigenvalue weighted by Gasteiger charge is 2.43. The van der Waals surface area contributed by atoms with E-state index in [1.54, 1.807) is 18.2 Å². The van der Waals surface area contributed by atoms with Crippen LogP contribution < -0.4 is 20.3 Å². The van der Waals surface area contributed by atoms with E-state index in [1.165, 1.54) is 12.8 Å². The Morgan fingerprint density at radius 1 is 1.11 bits per heavy atom. The van der Waals surface area contributed by atoms with Gasteiger partial charge in [-0.15, -0.1) is 0 Å². The fourth-order valence-electron chi connectivity index (χ4n) is 5.12. The predicted molar refractivity (Wildman–Crippen MR) is 133 cm³/mol. The number of aromatic nitrogens is 3. The number of benzene rings is 1. The molecule has 3 aromatic rings. The third-order valence-corrected chi connectivity index (χ3v) is 7.31. The van der Waals surface area contributed by atoms with Crippen LogP contribution in [0, 0.1) is 6.92 Å². The van der Waals surface area contributed by atoms with Crippen molar-refractivity contribution >= 4 is 17.6 Å². The minimum absolute atomic E-state index is 0.0422. The molecule has 0 bridgehead atoms. The van der Waals surface area contributed by atoms with Gasteiger partial charge in [0.15, 0.2) is 0 Å². The third-order valence-electron chi connectivity index (χ3n) is 7.31. The number of likely N-dealkylation sites (N-methyl/N-ethyl adjacent to an activating group) is 1. The van der Waals surface area contributed by atoms with Crippen LogP contribution in [0.15, 0.2) is 41.1 Å². The number of hydrogen-bond acceptors (Lipinski definition) is 9. The Hall–Kier alpha value is -3.66. The first-order valence-corrected chi connectivity index (χ1v) is 11.8. The number of hydrogen-bond donors (Lipinski definition) is 1. The smallest absolute Gasteiger partial charge is 0.324 e. The first-order valence-electron chi connectivity index (χ1n) is 11.8. The molecule has 5 rings (SSSR count). The number of pyridine rings is 1. The van der Waals surface area contributed by atoms with Crippen molar-refractivity contribution in [3.05, 3.63) is 47.8 Å². The van der Waals surface area contributed by atoms with Crippen LogP contribution in [0.1, 0.15) is 28.9 Å². The molecule has 2 saturated heterocycles. The maximum absolute atomic E-state index is 11.7. The van der Waals surface area contributed by atoms with Crippen molar-refractivity contribution in [3.63, 3.8) is 0 Å². The van der Waals surface area contributed by atoms with Gasteiger partial charge in [0.05, 0.1) is 7.11 Å². The molecule has 0 atom stereocenters. The normalized spacial score (nSPS) is 18.1. The quantitative estimate of drug-likeness (QED) is 0.591. The molecule has 10 heteroatoms. The minimum Gasteiger partial charge on any atom is -0.497 e. The van der Waals surface area contributed by atoms with Crippen LogP contribution in [0.3, 0.4) is 0 Å². The zero-order valence-electron chi connectivity index (χ0n) is 20.4. The Labute approximate surface area is 204 Å². The molecule has 10 nitrogen and oxygen atoms in total. The van der Waals surface area contributed by atoms with Gasteiger partial charge in [-0.25, -0.2) is 0 Å². The number of rotatable bonds is 5. The molecule has 2 aliphatic rings. The SMILES string of the molecule is COc1cc(C(N)=O)cc(-c2noc(N3CCN(C)C4(CCN(c5ccnc(C)c5)CC4)C3)n2)c1. The van der Waals surface area contributed by atoms with E-state index in [0.29, 0.717) is 28.7 Å². The van der Waals surface area contributed by atoms with Gasteiger partial charge >= 0.3 is 6.01 Å². The van der Waals surface area contributed by atoms with E-state index in [0.717, 1.165) is 51.3 Å². The number of carbonyl (C=O) groups is 1. The zero-order valence-corrected chi connectivity index (χ0v) is 20.4. The molecule has 4 heterocycles. The van der Waals surface area contributed by atoms with Gasteiger partial charge in [0.2, 0.25) is 11.7 Å². The summed E-state index contributed by atoms with van der Waals surface area (Å²) < 4.78 is 11.0. The summed E-state index contributed by atoms with van der Waals surface area (Å²) in [5.74, 6) is 0.373. The van der Waals surface area contributed by atoms with E-state index in [9.17, 15) is 4.79 Å². The summed E-state index contributed by atoms with van der Waals surface area (Å²) in [7, 11) is 3.75. The summed E-state index contributed by atoms with van der Waals surface area (Å²) in [6.45, 7) is 6.53. The second-order valence-electron chi connectivity index (χ2n) is 9.42. The zero-order chi connectivity index (χ0) is 24.6. The van der Waals surface area contributed by atoms with Crippen LogP contribution in [0.4, 0.5) is 11.7 Å². The maximum Gasteiger partial charge on any atom is 0.324 e. The molecule has 1 spiro atoms. The van der Waals surface area contributed by atoms with Crippen molar-refractivity contribution in [2.45, 2.75) is 25.3 Å². The molecule has 0 saturated carbocycles. The molecule has 2 fully saturated rings. The average Bonchev–Trinajstić information content (AvgIpc) is 3.36. The standard InChI is InChI=1S/C25H31N7O3/c1-17-12-20(4-7-27-17)31-8-5-25(6-9-31)16-32(11-10-30(25)2)24-28-23(29-35-24)19-13-18(22(26)33)14-21(15-19)34-3/h4,7,12-15H,5-6,8-11,16H2,1-3H3,(H2,26,33). The summed E-state index contributed by atoms with van der Waals surface area (Å²) in [5.41, 5.74) is 8.74. The lowest BCUT2D eigenvalue weighted by Crippen LogP contribution is -2.64. The number of amides is 1. The Bertz CT molecular complexity index is 1220. The Kier molecular flexibility index (Phi) is 6.06. The van der Waals surface area contributed by atoms with Crippen LogP contribution in [0.5, 0.6) is 5.75 Å². The molecule has 184 valence electrons. The lowest BCUT2D eigenvalue weighted by atomic mass is 9.83. The number of methoxy groups -OCH3 is 1. The number of anilines is 2. The Morgan fingerprint density at radius 2 is 1.91 bits per heavy atom. The molecule has 1 aromatic carbocycles. The number of piperidine rings is 1. The fraction of sp³-hybridized carbons (Fsp3) is 0.440. The van der Waals surface area contributed by atoms with E-state index >= 15 is 0 Å². The molecule has 35 heavy (non-hydrogen) atoms. The lowest BCUT2D eigenvalue weighted by Gasteiger charge is -2.53. The van der Waals surface area contributed by atoms with Crippen molar-refractivity contribution in [3.8, 4) is 17.1 Å². The van der Waals surface area contributed by atoms with E-state index in [1.807, 2.05) is 13.1 Å².